The van der Waals surface area contributed by atoms with Crippen molar-refractivity contribution in [2.24, 2.45) is 0 Å². The molecule has 1 heterocycles. The molecule has 0 aliphatic rings. The Hall–Kier alpha value is -0.580. The van der Waals surface area contributed by atoms with Crippen molar-refractivity contribution in [3.8, 4) is 0 Å². The monoisotopic (exact) mass is 233 g/mol. The van der Waals surface area contributed by atoms with E-state index in [0.29, 0.717) is 11.8 Å². The molecule has 1 rings (SSSR count). The second-order valence-electron chi connectivity index (χ2n) is 2.70. The lowest BCUT2D eigenvalue weighted by Crippen LogP contribution is -2.10. The summed E-state index contributed by atoms with van der Waals surface area (Å²) < 4.78 is 5.03. The van der Waals surface area contributed by atoms with E-state index in [2.05, 4.69) is 33.0 Å². The first-order valence-electron chi connectivity index (χ1n) is 3.80. The molecule has 1 atom stereocenters. The van der Waals surface area contributed by atoms with Crippen LogP contribution in [0.15, 0.2) is 4.52 Å². The molecule has 0 fully saturated rings. The summed E-state index contributed by atoms with van der Waals surface area (Å²) in [7, 11) is 3.76. The average molecular weight is 234 g/mol. The predicted octanol–water partition coefficient (Wildman–Crippen LogP) is 1.98. The Labute approximate surface area is 80.1 Å². The molecule has 68 valence electrons. The molecule has 12 heavy (non-hydrogen) atoms. The fraction of sp³-hybridized carbons (Fsp3) is 0.714. The number of nitrogens with zero attached hydrogens (tertiary/aromatic N) is 3. The van der Waals surface area contributed by atoms with Crippen molar-refractivity contribution in [2.45, 2.75) is 18.2 Å². The van der Waals surface area contributed by atoms with Crippen molar-refractivity contribution >= 4 is 21.9 Å². The number of halogens is 1. The molecule has 0 radical (unpaired) electrons. The standard InChI is InChI=1S/C7H12BrN3O/c1-4-5(8)6-9-7(10-12-6)11(2)3/h5H,4H2,1-3H3. The third-order valence-corrected chi connectivity index (χ3v) is 2.50. The Balaban J connectivity index is 2.77. The molecular weight excluding hydrogens is 222 g/mol. The maximum atomic E-state index is 5.03. The third-order valence-electron chi connectivity index (χ3n) is 1.46. The molecule has 5 heteroatoms. The van der Waals surface area contributed by atoms with Gasteiger partial charge in [-0.3, -0.25) is 0 Å². The van der Waals surface area contributed by atoms with E-state index in [4.69, 9.17) is 4.52 Å². The Bertz CT molecular complexity index is 249. The molecule has 0 saturated heterocycles. The van der Waals surface area contributed by atoms with Crippen LogP contribution in [-0.4, -0.2) is 24.2 Å². The number of anilines is 1. The van der Waals surface area contributed by atoms with Gasteiger partial charge < -0.3 is 9.42 Å². The molecule has 0 spiro atoms. The van der Waals surface area contributed by atoms with Crippen LogP contribution in [0.25, 0.3) is 0 Å². The Kier molecular flexibility index (Phi) is 3.08. The van der Waals surface area contributed by atoms with Crippen LogP contribution in [0.4, 0.5) is 5.95 Å². The van der Waals surface area contributed by atoms with E-state index in [1.807, 2.05) is 19.0 Å². The fourth-order valence-electron chi connectivity index (χ4n) is 0.710. The van der Waals surface area contributed by atoms with Crippen LogP contribution >= 0.6 is 15.9 Å². The molecule has 0 saturated carbocycles. The van der Waals surface area contributed by atoms with E-state index in [-0.39, 0.29) is 4.83 Å². The van der Waals surface area contributed by atoms with Crippen LogP contribution in [0.1, 0.15) is 24.1 Å². The van der Waals surface area contributed by atoms with Gasteiger partial charge in [0.05, 0.1) is 4.83 Å². The number of alkyl halides is 1. The molecule has 0 amide bonds. The number of aromatic nitrogens is 2. The van der Waals surface area contributed by atoms with E-state index in [1.54, 1.807) is 0 Å². The van der Waals surface area contributed by atoms with Gasteiger partial charge in [-0.15, -0.1) is 0 Å². The van der Waals surface area contributed by atoms with Crippen molar-refractivity contribution in [3.63, 3.8) is 0 Å². The third kappa shape index (κ3) is 1.97. The number of hydrogen-bond donors (Lipinski definition) is 0. The minimum absolute atomic E-state index is 0.165. The topological polar surface area (TPSA) is 42.2 Å². The smallest absolute Gasteiger partial charge is 0.265 e. The van der Waals surface area contributed by atoms with Crippen molar-refractivity contribution in [3.05, 3.63) is 5.89 Å². The van der Waals surface area contributed by atoms with Gasteiger partial charge in [0.25, 0.3) is 5.95 Å². The quantitative estimate of drug-likeness (QED) is 0.750. The molecule has 0 bridgehead atoms. The van der Waals surface area contributed by atoms with Crippen molar-refractivity contribution in [1.29, 1.82) is 0 Å². The van der Waals surface area contributed by atoms with Gasteiger partial charge in [-0.05, 0) is 11.6 Å². The maximum Gasteiger partial charge on any atom is 0.265 e. The first-order chi connectivity index (χ1) is 5.65. The summed E-state index contributed by atoms with van der Waals surface area (Å²) in [5.41, 5.74) is 0. The van der Waals surface area contributed by atoms with Gasteiger partial charge in [0.2, 0.25) is 5.89 Å². The van der Waals surface area contributed by atoms with E-state index in [0.717, 1.165) is 6.42 Å². The highest BCUT2D eigenvalue weighted by Crippen LogP contribution is 2.25. The largest absolute Gasteiger partial charge is 0.344 e. The Morgan fingerprint density at radius 3 is 2.67 bits per heavy atom. The number of hydrogen-bond acceptors (Lipinski definition) is 4. The zero-order valence-electron chi connectivity index (χ0n) is 7.41. The second kappa shape index (κ2) is 3.89. The van der Waals surface area contributed by atoms with Crippen LogP contribution in [0, 0.1) is 0 Å². The minimum atomic E-state index is 0.165. The summed E-state index contributed by atoms with van der Waals surface area (Å²) in [6.07, 6.45) is 0.940. The summed E-state index contributed by atoms with van der Waals surface area (Å²) in [5.74, 6) is 1.25. The SMILES string of the molecule is CCC(Br)c1nc(N(C)C)no1. The van der Waals surface area contributed by atoms with Gasteiger partial charge in [0, 0.05) is 14.1 Å². The van der Waals surface area contributed by atoms with Crippen LogP contribution in [-0.2, 0) is 0 Å². The molecule has 4 nitrogen and oxygen atoms in total. The molecule has 0 aliphatic carbocycles. The first-order valence-corrected chi connectivity index (χ1v) is 4.71. The maximum absolute atomic E-state index is 5.03. The molecule has 1 aromatic heterocycles. The fourth-order valence-corrected chi connectivity index (χ4v) is 0.896. The highest BCUT2D eigenvalue weighted by Gasteiger charge is 2.14. The second-order valence-corrected chi connectivity index (χ2v) is 3.81. The highest BCUT2D eigenvalue weighted by molar-refractivity contribution is 9.09. The summed E-state index contributed by atoms with van der Waals surface area (Å²) in [5, 5.41) is 3.79. The summed E-state index contributed by atoms with van der Waals surface area (Å²) in [6.45, 7) is 2.05. The summed E-state index contributed by atoms with van der Waals surface area (Å²) in [4.78, 5) is 6.16. The highest BCUT2D eigenvalue weighted by atomic mass is 79.9. The van der Waals surface area contributed by atoms with Crippen molar-refractivity contribution < 1.29 is 4.52 Å². The van der Waals surface area contributed by atoms with Gasteiger partial charge in [-0.1, -0.05) is 22.9 Å². The van der Waals surface area contributed by atoms with Crippen LogP contribution < -0.4 is 4.90 Å². The summed E-state index contributed by atoms with van der Waals surface area (Å²) in [6, 6.07) is 0. The number of rotatable bonds is 3. The predicted molar refractivity (Wildman–Crippen MR) is 50.6 cm³/mol. The van der Waals surface area contributed by atoms with Gasteiger partial charge >= 0.3 is 0 Å². The van der Waals surface area contributed by atoms with Crippen molar-refractivity contribution in [2.75, 3.05) is 19.0 Å². The van der Waals surface area contributed by atoms with Gasteiger partial charge in [-0.25, -0.2) is 0 Å². The lowest BCUT2D eigenvalue weighted by molar-refractivity contribution is 0.376. The lowest BCUT2D eigenvalue weighted by atomic mass is 10.3. The first kappa shape index (κ1) is 9.51. The zero-order valence-corrected chi connectivity index (χ0v) is 9.00. The van der Waals surface area contributed by atoms with E-state index < -0.39 is 0 Å². The lowest BCUT2D eigenvalue weighted by Gasteiger charge is -2.02. The summed E-state index contributed by atoms with van der Waals surface area (Å²) >= 11 is 3.43. The van der Waals surface area contributed by atoms with E-state index in [9.17, 15) is 0 Å². The molecule has 0 aromatic carbocycles. The van der Waals surface area contributed by atoms with Gasteiger partial charge in [0.15, 0.2) is 0 Å². The van der Waals surface area contributed by atoms with Crippen LogP contribution in [0.2, 0.25) is 0 Å². The van der Waals surface area contributed by atoms with Crippen LogP contribution in [0.3, 0.4) is 0 Å². The molecular formula is C7H12BrN3O. The van der Waals surface area contributed by atoms with Crippen LogP contribution in [0.5, 0.6) is 0 Å². The normalized spacial score (nSPS) is 13.0. The molecule has 0 aliphatic heterocycles. The Morgan fingerprint density at radius 2 is 2.25 bits per heavy atom. The van der Waals surface area contributed by atoms with Gasteiger partial charge in [-0.2, -0.15) is 4.98 Å². The van der Waals surface area contributed by atoms with E-state index >= 15 is 0 Å². The molecule has 1 aromatic rings. The minimum Gasteiger partial charge on any atom is -0.344 e. The van der Waals surface area contributed by atoms with Gasteiger partial charge in [0.1, 0.15) is 0 Å². The zero-order chi connectivity index (χ0) is 9.14. The molecule has 1 unspecified atom stereocenters. The van der Waals surface area contributed by atoms with Crippen molar-refractivity contribution in [1.82, 2.24) is 10.1 Å². The Morgan fingerprint density at radius 1 is 1.58 bits per heavy atom. The van der Waals surface area contributed by atoms with E-state index in [1.165, 1.54) is 0 Å². The molecule has 0 N–H and O–H groups in total. The average Bonchev–Trinajstić information content (AvgIpc) is 2.51.